The van der Waals surface area contributed by atoms with Crippen LogP contribution in [0.3, 0.4) is 0 Å². The molecule has 5 heteroatoms. The minimum atomic E-state index is -0.846. The van der Waals surface area contributed by atoms with Crippen LogP contribution < -0.4 is 0 Å². The Bertz CT molecular complexity index is 527. The summed E-state index contributed by atoms with van der Waals surface area (Å²) in [5.74, 6) is 0.693. The minimum Gasteiger partial charge on any atom is -0.205 e. The zero-order valence-electron chi connectivity index (χ0n) is 14.0. The number of hydrogen-bond donors (Lipinski definition) is 0. The molecule has 0 N–H and O–H groups in total. The van der Waals surface area contributed by atoms with Crippen molar-refractivity contribution in [2.24, 2.45) is 11.8 Å². The lowest BCUT2D eigenvalue weighted by Gasteiger charge is -2.31. The van der Waals surface area contributed by atoms with E-state index in [1.807, 2.05) is 0 Å². The van der Waals surface area contributed by atoms with Crippen LogP contribution in [0.2, 0.25) is 17.1 Å². The van der Waals surface area contributed by atoms with Gasteiger partial charge in [0.2, 0.25) is 0 Å². The van der Waals surface area contributed by atoms with E-state index in [0.717, 1.165) is 30.2 Å². The first-order valence-electron chi connectivity index (χ1n) is 9.31. The van der Waals surface area contributed by atoms with E-state index in [1.54, 1.807) is 0 Å². The molecule has 0 bridgehead atoms. The molecule has 1 aromatic carbocycles. The van der Waals surface area contributed by atoms with Crippen LogP contribution in [-0.4, -0.2) is 8.11 Å². The maximum atomic E-state index is 13.6. The van der Waals surface area contributed by atoms with Gasteiger partial charge in [0.25, 0.3) is 0 Å². The Morgan fingerprint density at radius 2 is 1.38 bits per heavy atom. The second kappa shape index (κ2) is 8.51. The second-order valence-electron chi connectivity index (χ2n) is 7.71. The molecule has 0 unspecified atom stereocenters. The van der Waals surface area contributed by atoms with Gasteiger partial charge in [-0.05, 0) is 73.2 Å². The van der Waals surface area contributed by atoms with Crippen LogP contribution in [0.15, 0.2) is 12.1 Å². The molecule has 1 saturated heterocycles. The van der Waals surface area contributed by atoms with Gasteiger partial charge in [-0.2, -0.15) is 11.1 Å². The minimum absolute atomic E-state index is 0.278. The van der Waals surface area contributed by atoms with E-state index in [-0.39, 0.29) is 10.9 Å². The first kappa shape index (κ1) is 18.7. The quantitative estimate of drug-likeness (QED) is 0.293. The van der Waals surface area contributed by atoms with Crippen LogP contribution in [0.4, 0.5) is 8.78 Å². The van der Waals surface area contributed by atoms with Crippen molar-refractivity contribution in [2.75, 3.05) is 0 Å². The normalized spacial score (nSPS) is 31.2. The van der Waals surface area contributed by atoms with Crippen LogP contribution in [0.25, 0.3) is 0 Å². The smallest absolute Gasteiger partial charge is 0.145 e. The van der Waals surface area contributed by atoms with Gasteiger partial charge in [-0.25, -0.2) is 8.78 Å². The number of rotatable bonds is 4. The molecule has 1 saturated carbocycles. The fourth-order valence-electron chi connectivity index (χ4n) is 4.48. The summed E-state index contributed by atoms with van der Waals surface area (Å²) in [6.45, 7) is 0. The predicted octanol–water partition coefficient (Wildman–Crippen LogP) is 7.04. The van der Waals surface area contributed by atoms with E-state index in [0.29, 0.717) is 0 Å². The van der Waals surface area contributed by atoms with Gasteiger partial charge in [-0.15, -0.1) is 0 Å². The molecule has 2 aliphatic rings. The van der Waals surface area contributed by atoms with Crippen LogP contribution in [-0.2, 0) is 0 Å². The molecule has 0 nitrogen and oxygen atoms in total. The molecular weight excluding hydrogens is 365 g/mol. The van der Waals surface area contributed by atoms with Crippen molar-refractivity contribution in [3.05, 3.63) is 34.4 Å². The summed E-state index contributed by atoms with van der Waals surface area (Å²) in [4.78, 5) is 0. The summed E-state index contributed by atoms with van der Waals surface area (Å²) in [5, 5.41) is -0.387. The molecule has 1 aromatic rings. The van der Waals surface area contributed by atoms with E-state index in [2.05, 4.69) is 0 Å². The van der Waals surface area contributed by atoms with Gasteiger partial charge in [0.05, 0.1) is 0 Å². The van der Waals surface area contributed by atoms with Gasteiger partial charge in [0.15, 0.2) is 0 Å². The van der Waals surface area contributed by atoms with Crippen molar-refractivity contribution in [1.29, 1.82) is 0 Å². The van der Waals surface area contributed by atoms with Crippen LogP contribution in [0, 0.1) is 23.5 Å². The van der Waals surface area contributed by atoms with Crippen molar-refractivity contribution >= 4 is 30.8 Å². The van der Waals surface area contributed by atoms with Crippen LogP contribution in [0.5, 0.6) is 0 Å². The Kier molecular flexibility index (Phi) is 6.61. The highest BCUT2D eigenvalue weighted by molar-refractivity contribution is 7.07. The summed E-state index contributed by atoms with van der Waals surface area (Å²) >= 11 is 11.9. The number of hydrogen-bond acceptors (Lipinski definition) is 0. The van der Waals surface area contributed by atoms with Gasteiger partial charge in [0, 0.05) is 0 Å². The van der Waals surface area contributed by atoms with Gasteiger partial charge >= 0.3 is 0 Å². The fraction of sp³-hybridized carbons (Fsp3) is 0.684. The molecular formula is C19H26Cl2F2Si. The van der Waals surface area contributed by atoms with Crippen molar-refractivity contribution in [3.63, 3.8) is 0 Å². The first-order chi connectivity index (χ1) is 11.5. The Balaban J connectivity index is 1.46. The van der Waals surface area contributed by atoms with E-state index in [1.165, 1.54) is 62.7 Å². The fourth-order valence-corrected chi connectivity index (χ4v) is 7.30. The van der Waals surface area contributed by atoms with Gasteiger partial charge < -0.3 is 0 Å². The summed E-state index contributed by atoms with van der Waals surface area (Å²) in [6, 6.07) is 5.47. The summed E-state index contributed by atoms with van der Waals surface area (Å²) in [5.41, 5.74) is 0.776. The van der Waals surface area contributed by atoms with Gasteiger partial charge in [-0.3, -0.25) is 0 Å². The monoisotopic (exact) mass is 390 g/mol. The van der Waals surface area contributed by atoms with Crippen molar-refractivity contribution in [2.45, 2.75) is 69.4 Å². The molecule has 1 aliphatic heterocycles. The third-order valence-corrected chi connectivity index (χ3v) is 9.67. The van der Waals surface area contributed by atoms with E-state index >= 15 is 0 Å². The van der Waals surface area contributed by atoms with Crippen molar-refractivity contribution in [3.8, 4) is 0 Å². The highest BCUT2D eigenvalue weighted by atomic mass is 35.6. The van der Waals surface area contributed by atoms with Crippen molar-refractivity contribution < 1.29 is 8.78 Å². The number of halogens is 4. The summed E-state index contributed by atoms with van der Waals surface area (Å²) < 4.78 is 27.3. The summed E-state index contributed by atoms with van der Waals surface area (Å²) in [7, 11) is -0.846. The average molecular weight is 391 g/mol. The first-order valence-corrected chi connectivity index (χ1v) is 13.1. The van der Waals surface area contributed by atoms with E-state index in [9.17, 15) is 8.78 Å². The van der Waals surface area contributed by atoms with Crippen LogP contribution >= 0.6 is 22.7 Å². The molecule has 2 fully saturated rings. The molecule has 0 radical (unpaired) electrons. The van der Waals surface area contributed by atoms with Gasteiger partial charge in [0.1, 0.15) is 24.8 Å². The lowest BCUT2D eigenvalue weighted by atomic mass is 9.76. The topological polar surface area (TPSA) is 0 Å². The second-order valence-corrected chi connectivity index (χ2v) is 12.3. The van der Waals surface area contributed by atoms with E-state index in [4.69, 9.17) is 22.7 Å². The lowest BCUT2D eigenvalue weighted by Crippen LogP contribution is -2.18. The average Bonchev–Trinajstić information content (AvgIpc) is 2.59. The Morgan fingerprint density at radius 3 is 1.92 bits per heavy atom. The molecule has 0 spiro atoms. The molecule has 0 atom stereocenters. The maximum absolute atomic E-state index is 13.6. The van der Waals surface area contributed by atoms with Crippen LogP contribution in [0.1, 0.15) is 62.8 Å². The Morgan fingerprint density at radius 1 is 0.875 bits per heavy atom. The molecule has 0 amide bonds. The molecule has 1 aliphatic carbocycles. The number of benzene rings is 1. The SMILES string of the molecule is Fc1cc(C2CCC(CCC3CC[SiH](Cl)CC3)CC2)cc(F)c1Cl. The Hall–Kier alpha value is -0.123. The third kappa shape index (κ3) is 4.73. The van der Waals surface area contributed by atoms with Crippen molar-refractivity contribution in [1.82, 2.24) is 0 Å². The van der Waals surface area contributed by atoms with E-state index < -0.39 is 19.7 Å². The molecule has 0 aromatic heterocycles. The Labute approximate surface area is 155 Å². The zero-order chi connectivity index (χ0) is 17.1. The summed E-state index contributed by atoms with van der Waals surface area (Å²) in [6.07, 6.45) is 9.77. The largest absolute Gasteiger partial charge is 0.205 e. The molecule has 134 valence electrons. The highest BCUT2D eigenvalue weighted by Gasteiger charge is 2.26. The zero-order valence-corrected chi connectivity index (χ0v) is 16.7. The standard InChI is InChI=1S/C19H26Cl2F2Si/c20-19-17(22)11-16(12-18(19)23)15-5-3-13(4-6-15)1-2-14-7-9-24(21)10-8-14/h11-15,24H,1-10H2. The maximum Gasteiger partial charge on any atom is 0.145 e. The molecule has 1 heterocycles. The molecule has 24 heavy (non-hydrogen) atoms. The lowest BCUT2D eigenvalue weighted by molar-refractivity contribution is 0.280. The molecule has 3 rings (SSSR count). The third-order valence-electron chi connectivity index (χ3n) is 6.08. The highest BCUT2D eigenvalue weighted by Crippen LogP contribution is 2.40. The van der Waals surface area contributed by atoms with Gasteiger partial charge in [-0.1, -0.05) is 37.3 Å². The predicted molar refractivity (Wildman–Crippen MR) is 101 cm³/mol.